The molecule has 0 radical (unpaired) electrons. The van der Waals surface area contributed by atoms with E-state index in [9.17, 15) is 4.79 Å². The molecule has 0 aromatic heterocycles. The fraction of sp³-hybridized carbons (Fsp3) is 0.417. The third-order valence-electron chi connectivity index (χ3n) is 2.47. The van der Waals surface area contributed by atoms with Crippen molar-refractivity contribution in [2.24, 2.45) is 0 Å². The molecule has 0 saturated carbocycles. The van der Waals surface area contributed by atoms with E-state index < -0.39 is 0 Å². The zero-order valence-corrected chi connectivity index (χ0v) is 9.81. The summed E-state index contributed by atoms with van der Waals surface area (Å²) in [5.41, 5.74) is 6.74. The van der Waals surface area contributed by atoms with E-state index >= 15 is 0 Å². The second-order valence-corrected chi connectivity index (χ2v) is 3.82. The van der Waals surface area contributed by atoms with Gasteiger partial charge in [0.1, 0.15) is 5.75 Å². The second-order valence-electron chi connectivity index (χ2n) is 3.82. The zero-order valence-electron chi connectivity index (χ0n) is 9.81. The summed E-state index contributed by atoms with van der Waals surface area (Å²) in [6.45, 7) is 3.63. The second kappa shape index (κ2) is 5.05. The van der Waals surface area contributed by atoms with Crippen molar-refractivity contribution in [3.8, 4) is 5.75 Å². The van der Waals surface area contributed by atoms with Crippen LogP contribution in [0, 0.1) is 0 Å². The van der Waals surface area contributed by atoms with Gasteiger partial charge in [0.2, 0.25) is 0 Å². The molecular weight excluding hydrogens is 220 g/mol. The Morgan fingerprint density at radius 1 is 1.53 bits per heavy atom. The largest absolute Gasteiger partial charge is 0.494 e. The number of ether oxygens (including phenoxy) is 1. The number of benzene rings is 1. The standard InChI is InChI=1S/C12H16N2O3/c1-2-16-11-7-9(6-10(13)8-11)12(15)14-4-3-5-17-14/h6-8H,2-5,13H2,1H3. The van der Waals surface area contributed by atoms with Crippen molar-refractivity contribution >= 4 is 11.6 Å². The molecule has 1 aliphatic rings. The highest BCUT2D eigenvalue weighted by Crippen LogP contribution is 2.21. The molecule has 1 aromatic carbocycles. The van der Waals surface area contributed by atoms with Crippen LogP contribution < -0.4 is 10.5 Å². The number of rotatable bonds is 3. The maximum Gasteiger partial charge on any atom is 0.277 e. The first-order chi connectivity index (χ1) is 8.20. The van der Waals surface area contributed by atoms with Crippen molar-refractivity contribution in [1.29, 1.82) is 0 Å². The van der Waals surface area contributed by atoms with Crippen molar-refractivity contribution in [1.82, 2.24) is 5.06 Å². The van der Waals surface area contributed by atoms with Gasteiger partial charge in [-0.3, -0.25) is 9.63 Å². The summed E-state index contributed by atoms with van der Waals surface area (Å²) >= 11 is 0. The molecule has 17 heavy (non-hydrogen) atoms. The van der Waals surface area contributed by atoms with Gasteiger partial charge in [-0.15, -0.1) is 0 Å². The number of hydrogen-bond acceptors (Lipinski definition) is 4. The lowest BCUT2D eigenvalue weighted by molar-refractivity contribution is -0.0768. The van der Waals surface area contributed by atoms with Gasteiger partial charge in [-0.25, -0.2) is 5.06 Å². The number of anilines is 1. The van der Waals surface area contributed by atoms with Gasteiger partial charge in [0.15, 0.2) is 0 Å². The van der Waals surface area contributed by atoms with Crippen LogP contribution in [0.25, 0.3) is 0 Å². The van der Waals surface area contributed by atoms with Gasteiger partial charge in [0.25, 0.3) is 5.91 Å². The summed E-state index contributed by atoms with van der Waals surface area (Å²) in [4.78, 5) is 17.3. The van der Waals surface area contributed by atoms with E-state index in [4.69, 9.17) is 15.3 Å². The molecule has 2 rings (SSSR count). The number of hydrogen-bond donors (Lipinski definition) is 1. The van der Waals surface area contributed by atoms with Crippen LogP contribution in [0.1, 0.15) is 23.7 Å². The van der Waals surface area contributed by atoms with Crippen LogP contribution in [0.4, 0.5) is 5.69 Å². The Morgan fingerprint density at radius 3 is 3.00 bits per heavy atom. The number of nitrogens with two attached hydrogens (primary N) is 1. The zero-order chi connectivity index (χ0) is 12.3. The van der Waals surface area contributed by atoms with Crippen LogP contribution >= 0.6 is 0 Å². The molecule has 0 spiro atoms. The van der Waals surface area contributed by atoms with E-state index in [1.165, 1.54) is 5.06 Å². The van der Waals surface area contributed by atoms with Crippen LogP contribution in [-0.2, 0) is 4.84 Å². The minimum Gasteiger partial charge on any atom is -0.494 e. The minimum atomic E-state index is -0.171. The SMILES string of the molecule is CCOc1cc(N)cc(C(=O)N2CCCO2)c1. The molecule has 1 heterocycles. The summed E-state index contributed by atoms with van der Waals surface area (Å²) in [6, 6.07) is 5.02. The van der Waals surface area contributed by atoms with Crippen molar-refractivity contribution in [2.45, 2.75) is 13.3 Å². The number of carbonyl (C=O) groups excluding carboxylic acids is 1. The molecule has 0 atom stereocenters. The Labute approximate surface area is 100 Å². The summed E-state index contributed by atoms with van der Waals surface area (Å²) in [7, 11) is 0. The third-order valence-corrected chi connectivity index (χ3v) is 2.47. The number of nitrogen functional groups attached to an aromatic ring is 1. The number of carbonyl (C=O) groups is 1. The fourth-order valence-electron chi connectivity index (χ4n) is 1.75. The maximum absolute atomic E-state index is 12.0. The van der Waals surface area contributed by atoms with Crippen LogP contribution in [0.5, 0.6) is 5.75 Å². The number of nitrogens with zero attached hydrogens (tertiary/aromatic N) is 1. The highest BCUT2D eigenvalue weighted by atomic mass is 16.7. The van der Waals surface area contributed by atoms with Gasteiger partial charge in [-0.1, -0.05) is 0 Å². The van der Waals surface area contributed by atoms with E-state index in [2.05, 4.69) is 0 Å². The first-order valence-corrected chi connectivity index (χ1v) is 5.69. The number of amides is 1. The van der Waals surface area contributed by atoms with Gasteiger partial charge in [0, 0.05) is 17.3 Å². The van der Waals surface area contributed by atoms with Gasteiger partial charge >= 0.3 is 0 Å². The Kier molecular flexibility index (Phi) is 3.49. The lowest BCUT2D eigenvalue weighted by Gasteiger charge is -2.15. The van der Waals surface area contributed by atoms with Crippen LogP contribution in [0.15, 0.2) is 18.2 Å². The first-order valence-electron chi connectivity index (χ1n) is 5.69. The Morgan fingerprint density at radius 2 is 2.35 bits per heavy atom. The molecule has 0 aliphatic carbocycles. The van der Waals surface area contributed by atoms with Gasteiger partial charge in [-0.05, 0) is 25.5 Å². The molecule has 1 saturated heterocycles. The molecule has 1 aliphatic heterocycles. The van der Waals surface area contributed by atoms with Gasteiger partial charge in [-0.2, -0.15) is 0 Å². The molecule has 0 bridgehead atoms. The topological polar surface area (TPSA) is 64.8 Å². The van der Waals surface area contributed by atoms with Crippen molar-refractivity contribution in [3.05, 3.63) is 23.8 Å². The molecule has 0 unspecified atom stereocenters. The van der Waals surface area contributed by atoms with E-state index in [0.29, 0.717) is 36.8 Å². The third kappa shape index (κ3) is 2.68. The van der Waals surface area contributed by atoms with Gasteiger partial charge in [0.05, 0.1) is 19.8 Å². The molecule has 1 amide bonds. The predicted octanol–water partition coefficient (Wildman–Crippen LogP) is 1.45. The average molecular weight is 236 g/mol. The predicted molar refractivity (Wildman–Crippen MR) is 63.6 cm³/mol. The Hall–Kier alpha value is -1.75. The van der Waals surface area contributed by atoms with Gasteiger partial charge < -0.3 is 10.5 Å². The molecular formula is C12H16N2O3. The summed E-state index contributed by atoms with van der Waals surface area (Å²) < 4.78 is 5.35. The average Bonchev–Trinajstić information content (AvgIpc) is 2.81. The summed E-state index contributed by atoms with van der Waals surface area (Å²) in [5, 5.41) is 1.37. The summed E-state index contributed by atoms with van der Waals surface area (Å²) in [5.74, 6) is 0.436. The Bertz CT molecular complexity index is 414. The van der Waals surface area contributed by atoms with Crippen LogP contribution in [-0.4, -0.2) is 30.7 Å². The van der Waals surface area contributed by atoms with Crippen LogP contribution in [0.2, 0.25) is 0 Å². The minimum absolute atomic E-state index is 0.171. The molecule has 5 heteroatoms. The van der Waals surface area contributed by atoms with E-state index in [0.717, 1.165) is 6.42 Å². The molecule has 1 aromatic rings. The Balaban J connectivity index is 2.21. The summed E-state index contributed by atoms with van der Waals surface area (Å²) in [6.07, 6.45) is 0.867. The molecule has 2 N–H and O–H groups in total. The maximum atomic E-state index is 12.0. The highest BCUT2D eigenvalue weighted by Gasteiger charge is 2.21. The molecule has 92 valence electrons. The van der Waals surface area contributed by atoms with Crippen molar-refractivity contribution < 1.29 is 14.4 Å². The van der Waals surface area contributed by atoms with E-state index in [1.54, 1.807) is 18.2 Å². The lowest BCUT2D eigenvalue weighted by Crippen LogP contribution is -2.26. The molecule has 1 fully saturated rings. The highest BCUT2D eigenvalue weighted by molar-refractivity contribution is 5.95. The van der Waals surface area contributed by atoms with Crippen molar-refractivity contribution in [3.63, 3.8) is 0 Å². The fourth-order valence-corrected chi connectivity index (χ4v) is 1.75. The quantitative estimate of drug-likeness (QED) is 0.807. The smallest absolute Gasteiger partial charge is 0.277 e. The first kappa shape index (κ1) is 11.7. The lowest BCUT2D eigenvalue weighted by atomic mass is 10.1. The van der Waals surface area contributed by atoms with Crippen molar-refractivity contribution in [2.75, 3.05) is 25.5 Å². The van der Waals surface area contributed by atoms with Crippen LogP contribution in [0.3, 0.4) is 0 Å². The number of hydroxylamine groups is 2. The van der Waals surface area contributed by atoms with E-state index in [-0.39, 0.29) is 5.91 Å². The molecule has 5 nitrogen and oxygen atoms in total. The monoisotopic (exact) mass is 236 g/mol. The van der Waals surface area contributed by atoms with E-state index in [1.807, 2.05) is 6.92 Å². The normalized spacial score (nSPS) is 15.0.